The molecule has 0 heterocycles. The van der Waals surface area contributed by atoms with E-state index in [0.29, 0.717) is 17.8 Å². The van der Waals surface area contributed by atoms with Crippen LogP contribution >= 0.6 is 0 Å². The molecule has 0 spiro atoms. The maximum absolute atomic E-state index is 13.5. The van der Waals surface area contributed by atoms with E-state index < -0.39 is 11.0 Å². The Kier molecular flexibility index (Phi) is 6.51. The van der Waals surface area contributed by atoms with Crippen LogP contribution in [0.3, 0.4) is 0 Å². The second-order valence-corrected chi connectivity index (χ2v) is 16.1. The fourth-order valence-corrected chi connectivity index (χ4v) is 12.3. The lowest BCUT2D eigenvalue weighted by molar-refractivity contribution is -0.254. The summed E-state index contributed by atoms with van der Waals surface area (Å²) in [7, 11) is 1.55. The van der Waals surface area contributed by atoms with Crippen LogP contribution < -0.4 is 0 Å². The predicted octanol–water partition coefficient (Wildman–Crippen LogP) is 6.94. The van der Waals surface area contributed by atoms with Crippen LogP contribution in [0.4, 0.5) is 0 Å². The molecule has 38 heavy (non-hydrogen) atoms. The van der Waals surface area contributed by atoms with E-state index in [-0.39, 0.29) is 51.5 Å². The zero-order chi connectivity index (χ0) is 28.1. The first-order chi connectivity index (χ1) is 17.5. The average Bonchev–Trinajstić information content (AvgIpc) is 3.22. The van der Waals surface area contributed by atoms with Crippen LogP contribution in [0.2, 0.25) is 0 Å². The van der Waals surface area contributed by atoms with Gasteiger partial charge in [0.25, 0.3) is 0 Å². The minimum Gasteiger partial charge on any atom is -0.469 e. The Bertz CT molecular complexity index is 980. The normalized spacial score (nSPS) is 49.6. The van der Waals surface area contributed by atoms with Crippen molar-refractivity contribution in [2.24, 2.45) is 56.7 Å². The van der Waals surface area contributed by atoms with Gasteiger partial charge in [0.1, 0.15) is 6.10 Å². The standard InChI is InChI=1S/C33H54O5/c1-20(34)38-25-14-15-30(6)23(28(25,2)3)13-16-32(8)24(30)11-10-22-26-21(29(4,5)36)12-17-33(26,27(35)37-9)19-18-31(22,32)7/h21-26,36H,10-19H2,1-9H3. The van der Waals surface area contributed by atoms with Gasteiger partial charge in [-0.2, -0.15) is 0 Å². The number of hydrogen-bond acceptors (Lipinski definition) is 5. The highest BCUT2D eigenvalue weighted by molar-refractivity contribution is 5.78. The molecule has 5 rings (SSSR count). The average molecular weight is 531 g/mol. The lowest BCUT2D eigenvalue weighted by Gasteiger charge is -2.73. The Morgan fingerprint density at radius 1 is 0.816 bits per heavy atom. The molecule has 0 aliphatic heterocycles. The molecule has 0 bridgehead atoms. The summed E-state index contributed by atoms with van der Waals surface area (Å²) in [5.74, 6) is 1.66. The summed E-state index contributed by atoms with van der Waals surface area (Å²) in [6.07, 6.45) is 10.4. The van der Waals surface area contributed by atoms with E-state index in [0.717, 1.165) is 51.4 Å². The molecule has 0 aromatic rings. The topological polar surface area (TPSA) is 72.8 Å². The van der Waals surface area contributed by atoms with Crippen molar-refractivity contribution in [2.75, 3.05) is 7.11 Å². The lowest BCUT2D eigenvalue weighted by atomic mass is 9.32. The number of rotatable bonds is 3. The summed E-state index contributed by atoms with van der Waals surface area (Å²) < 4.78 is 11.4. The number of aliphatic hydroxyl groups is 1. The molecule has 5 aliphatic rings. The first-order valence-corrected chi connectivity index (χ1v) is 15.5. The Morgan fingerprint density at radius 3 is 2.11 bits per heavy atom. The summed E-state index contributed by atoms with van der Waals surface area (Å²) >= 11 is 0. The van der Waals surface area contributed by atoms with E-state index in [9.17, 15) is 14.7 Å². The van der Waals surface area contributed by atoms with Gasteiger partial charge in [-0.05, 0) is 124 Å². The van der Waals surface area contributed by atoms with Gasteiger partial charge >= 0.3 is 11.9 Å². The van der Waals surface area contributed by atoms with E-state index in [4.69, 9.17) is 9.47 Å². The van der Waals surface area contributed by atoms with Crippen molar-refractivity contribution in [2.45, 2.75) is 131 Å². The van der Waals surface area contributed by atoms with Gasteiger partial charge in [-0.15, -0.1) is 0 Å². The monoisotopic (exact) mass is 530 g/mol. The third-order valence-electron chi connectivity index (χ3n) is 14.2. The molecule has 5 saturated carbocycles. The van der Waals surface area contributed by atoms with Crippen LogP contribution in [0.1, 0.15) is 120 Å². The molecule has 5 nitrogen and oxygen atoms in total. The van der Waals surface area contributed by atoms with Crippen LogP contribution in [-0.2, 0) is 19.1 Å². The van der Waals surface area contributed by atoms with E-state index in [1.165, 1.54) is 12.8 Å². The number of ether oxygens (including phenoxy) is 2. The maximum atomic E-state index is 13.5. The Labute approximate surface area is 231 Å². The van der Waals surface area contributed by atoms with Crippen LogP contribution in [-0.4, -0.2) is 35.9 Å². The summed E-state index contributed by atoms with van der Waals surface area (Å²) in [6, 6.07) is 0. The molecule has 5 fully saturated rings. The number of esters is 2. The Hall–Kier alpha value is -1.10. The van der Waals surface area contributed by atoms with Gasteiger partial charge in [0.2, 0.25) is 0 Å². The molecule has 216 valence electrons. The van der Waals surface area contributed by atoms with E-state index in [1.54, 1.807) is 14.0 Å². The molecular weight excluding hydrogens is 476 g/mol. The molecular formula is C33H54O5. The molecule has 5 aliphatic carbocycles. The van der Waals surface area contributed by atoms with Crippen molar-refractivity contribution in [3.05, 3.63) is 0 Å². The molecule has 0 amide bonds. The number of fused-ring (bicyclic) bond motifs is 7. The molecule has 0 aromatic carbocycles. The fraction of sp³-hybridized carbons (Fsp3) is 0.939. The first kappa shape index (κ1) is 28.4. The number of carbonyl (C=O) groups excluding carboxylic acids is 2. The predicted molar refractivity (Wildman–Crippen MR) is 148 cm³/mol. The molecule has 10 atom stereocenters. The Balaban J connectivity index is 1.53. The highest BCUT2D eigenvalue weighted by Gasteiger charge is 2.73. The van der Waals surface area contributed by atoms with Crippen molar-refractivity contribution >= 4 is 11.9 Å². The fourth-order valence-electron chi connectivity index (χ4n) is 12.3. The van der Waals surface area contributed by atoms with Gasteiger partial charge in [0.15, 0.2) is 0 Å². The largest absolute Gasteiger partial charge is 0.469 e. The van der Waals surface area contributed by atoms with Crippen molar-refractivity contribution < 1.29 is 24.2 Å². The number of methoxy groups -OCH3 is 1. The van der Waals surface area contributed by atoms with E-state index in [2.05, 4.69) is 34.6 Å². The zero-order valence-electron chi connectivity index (χ0n) is 25.6. The zero-order valence-corrected chi connectivity index (χ0v) is 25.6. The summed E-state index contributed by atoms with van der Waals surface area (Å²) in [6.45, 7) is 17.9. The van der Waals surface area contributed by atoms with Crippen LogP contribution in [0.5, 0.6) is 0 Å². The molecule has 10 unspecified atom stereocenters. The van der Waals surface area contributed by atoms with Crippen molar-refractivity contribution in [3.8, 4) is 0 Å². The summed E-state index contributed by atoms with van der Waals surface area (Å²) in [4.78, 5) is 25.4. The third kappa shape index (κ3) is 3.58. The maximum Gasteiger partial charge on any atom is 0.312 e. The quantitative estimate of drug-likeness (QED) is 0.400. The van der Waals surface area contributed by atoms with Gasteiger partial charge in [0, 0.05) is 12.3 Å². The van der Waals surface area contributed by atoms with Crippen molar-refractivity contribution in [1.82, 2.24) is 0 Å². The second-order valence-electron chi connectivity index (χ2n) is 16.1. The highest BCUT2D eigenvalue weighted by Crippen LogP contribution is 2.77. The van der Waals surface area contributed by atoms with Crippen LogP contribution in [0.15, 0.2) is 0 Å². The van der Waals surface area contributed by atoms with Gasteiger partial charge in [-0.3, -0.25) is 9.59 Å². The van der Waals surface area contributed by atoms with Gasteiger partial charge in [-0.25, -0.2) is 0 Å². The minimum atomic E-state index is -0.806. The van der Waals surface area contributed by atoms with Crippen molar-refractivity contribution in [1.29, 1.82) is 0 Å². The minimum absolute atomic E-state index is 0.00394. The number of hydrogen-bond donors (Lipinski definition) is 1. The molecule has 0 saturated heterocycles. The Morgan fingerprint density at radius 2 is 1.50 bits per heavy atom. The van der Waals surface area contributed by atoms with Crippen LogP contribution in [0.25, 0.3) is 0 Å². The summed E-state index contributed by atoms with van der Waals surface area (Å²) in [5.41, 5.74) is -0.778. The van der Waals surface area contributed by atoms with Crippen molar-refractivity contribution in [3.63, 3.8) is 0 Å². The summed E-state index contributed by atoms with van der Waals surface area (Å²) in [5, 5.41) is 11.3. The van der Waals surface area contributed by atoms with Gasteiger partial charge < -0.3 is 14.6 Å². The number of carbonyl (C=O) groups is 2. The highest BCUT2D eigenvalue weighted by atomic mass is 16.5. The van der Waals surface area contributed by atoms with Crippen LogP contribution in [0, 0.1) is 56.7 Å². The molecule has 5 heteroatoms. The van der Waals surface area contributed by atoms with Gasteiger partial charge in [-0.1, -0.05) is 34.6 Å². The first-order valence-electron chi connectivity index (χ1n) is 15.5. The van der Waals surface area contributed by atoms with E-state index >= 15 is 0 Å². The molecule has 0 aromatic heterocycles. The smallest absolute Gasteiger partial charge is 0.312 e. The van der Waals surface area contributed by atoms with Gasteiger partial charge in [0.05, 0.1) is 18.1 Å². The third-order valence-corrected chi connectivity index (χ3v) is 14.2. The SMILES string of the molecule is COC(=O)C12CCC(C(C)(C)O)C1C1CCC3C4(C)CCC(OC(C)=O)C(C)(C)C4CCC3(C)C1(C)CC2. The lowest BCUT2D eigenvalue weighted by Crippen LogP contribution is -2.67. The molecule has 1 N–H and O–H groups in total. The second kappa shape index (κ2) is 8.70. The van der Waals surface area contributed by atoms with E-state index in [1.807, 2.05) is 13.8 Å². The molecule has 0 radical (unpaired) electrons.